The molecule has 4 nitrogen and oxygen atoms in total. The Balaban J connectivity index is 1.93. The van der Waals surface area contributed by atoms with Gasteiger partial charge in [-0.1, -0.05) is 30.3 Å². The summed E-state index contributed by atoms with van der Waals surface area (Å²) in [5.41, 5.74) is 0.988. The Morgan fingerprint density at radius 1 is 1.00 bits per heavy atom. The fourth-order valence-electron chi connectivity index (χ4n) is 1.75. The Bertz CT molecular complexity index is 627. The molecule has 122 valence electrons. The molecule has 0 N–H and O–H groups in total. The number of esters is 1. The highest BCUT2D eigenvalue weighted by Crippen LogP contribution is 2.25. The van der Waals surface area contributed by atoms with Crippen LogP contribution in [0.25, 0.3) is 0 Å². The summed E-state index contributed by atoms with van der Waals surface area (Å²) in [6, 6.07) is 15.1. The largest absolute Gasteiger partial charge is 0.502 e. The van der Waals surface area contributed by atoms with Gasteiger partial charge in [0.25, 0.3) is 0 Å². The van der Waals surface area contributed by atoms with E-state index in [2.05, 4.69) is 9.47 Å². The number of carbonyl (C=O) groups is 1. The highest BCUT2D eigenvalue weighted by Gasteiger charge is 2.44. The minimum atomic E-state index is -4.03. The summed E-state index contributed by atoms with van der Waals surface area (Å²) in [6.45, 7) is 1.65. The first-order valence-electron chi connectivity index (χ1n) is 7.02. The Hall–Kier alpha value is -2.63. The molecule has 0 atom stereocenters. The molecule has 2 aromatic rings. The van der Waals surface area contributed by atoms with Crippen molar-refractivity contribution in [3.8, 4) is 11.5 Å². The molecule has 0 aliphatic carbocycles. The molecule has 0 fully saturated rings. The van der Waals surface area contributed by atoms with Gasteiger partial charge in [-0.2, -0.15) is 8.78 Å². The maximum Gasteiger partial charge on any atom is 0.502 e. The van der Waals surface area contributed by atoms with E-state index in [1.54, 1.807) is 0 Å². The van der Waals surface area contributed by atoms with Crippen molar-refractivity contribution in [2.45, 2.75) is 19.6 Å². The van der Waals surface area contributed by atoms with Gasteiger partial charge in [0.15, 0.2) is 0 Å². The van der Waals surface area contributed by atoms with Crippen LogP contribution in [0, 0.1) is 0 Å². The summed E-state index contributed by atoms with van der Waals surface area (Å²) in [5, 5.41) is 0. The Morgan fingerprint density at radius 2 is 1.61 bits per heavy atom. The van der Waals surface area contributed by atoms with Gasteiger partial charge in [0, 0.05) is 0 Å². The molecule has 0 spiro atoms. The second kappa shape index (κ2) is 7.58. The van der Waals surface area contributed by atoms with Crippen LogP contribution in [0.15, 0.2) is 54.6 Å². The fraction of sp³-hybridized carbons (Fsp3) is 0.235. The summed E-state index contributed by atoms with van der Waals surface area (Å²) in [4.78, 5) is 11.1. The Morgan fingerprint density at radius 3 is 2.22 bits per heavy atom. The quantitative estimate of drug-likeness (QED) is 0.727. The van der Waals surface area contributed by atoms with Gasteiger partial charge in [-0.05, 0) is 36.8 Å². The van der Waals surface area contributed by atoms with Gasteiger partial charge in [-0.15, -0.1) is 0 Å². The van der Waals surface area contributed by atoms with Gasteiger partial charge in [0.1, 0.15) is 18.1 Å². The molecule has 0 radical (unpaired) electrons. The zero-order valence-electron chi connectivity index (χ0n) is 12.5. The first-order chi connectivity index (χ1) is 11.0. The Kier molecular flexibility index (Phi) is 5.51. The van der Waals surface area contributed by atoms with Crippen LogP contribution in [-0.4, -0.2) is 18.7 Å². The van der Waals surface area contributed by atoms with Crippen molar-refractivity contribution in [1.29, 1.82) is 0 Å². The van der Waals surface area contributed by atoms with Crippen LogP contribution in [0.3, 0.4) is 0 Å². The number of hydrogen-bond donors (Lipinski definition) is 0. The first-order valence-corrected chi connectivity index (χ1v) is 7.02. The van der Waals surface area contributed by atoms with Crippen molar-refractivity contribution < 1.29 is 27.8 Å². The van der Waals surface area contributed by atoms with E-state index >= 15 is 0 Å². The molecule has 2 aromatic carbocycles. The second-order valence-electron chi connectivity index (χ2n) is 4.58. The maximum atomic E-state index is 13.4. The van der Waals surface area contributed by atoms with Crippen molar-refractivity contribution >= 4 is 5.97 Å². The molecule has 0 saturated heterocycles. The minimum Gasteiger partial charge on any atom is -0.489 e. The van der Waals surface area contributed by atoms with Crippen molar-refractivity contribution in [3.05, 3.63) is 60.2 Å². The molecule has 0 bridgehead atoms. The van der Waals surface area contributed by atoms with E-state index in [0.29, 0.717) is 12.4 Å². The normalized spacial score (nSPS) is 10.9. The van der Waals surface area contributed by atoms with Gasteiger partial charge in [0.2, 0.25) is 0 Å². The molecule has 0 aliphatic rings. The van der Waals surface area contributed by atoms with Crippen molar-refractivity contribution in [3.63, 3.8) is 0 Å². The monoisotopic (exact) mass is 322 g/mol. The third kappa shape index (κ3) is 4.95. The number of benzene rings is 2. The summed E-state index contributed by atoms with van der Waals surface area (Å²) >= 11 is 0. The molecule has 0 unspecified atom stereocenters. The first kappa shape index (κ1) is 16.7. The van der Waals surface area contributed by atoms with E-state index in [1.165, 1.54) is 31.2 Å². The molecule has 0 aliphatic heterocycles. The lowest BCUT2D eigenvalue weighted by Gasteiger charge is -2.16. The second-order valence-corrected chi connectivity index (χ2v) is 4.58. The minimum absolute atomic E-state index is 0.149. The smallest absolute Gasteiger partial charge is 0.489 e. The Labute approximate surface area is 132 Å². The molecule has 6 heteroatoms. The SMILES string of the molecule is CCOC(=O)C(F)(F)Oc1ccc(OCc2ccccc2)cc1. The van der Waals surface area contributed by atoms with Crippen LogP contribution in [0.4, 0.5) is 8.78 Å². The summed E-state index contributed by atoms with van der Waals surface area (Å²) in [7, 11) is 0. The highest BCUT2D eigenvalue weighted by atomic mass is 19.3. The van der Waals surface area contributed by atoms with Gasteiger partial charge in [-0.3, -0.25) is 0 Å². The average Bonchev–Trinajstić information content (AvgIpc) is 2.55. The van der Waals surface area contributed by atoms with E-state index in [9.17, 15) is 13.6 Å². The van der Waals surface area contributed by atoms with E-state index in [1.807, 2.05) is 30.3 Å². The molecule has 0 amide bonds. The molecule has 0 saturated carbocycles. The molecule has 23 heavy (non-hydrogen) atoms. The number of rotatable bonds is 7. The van der Waals surface area contributed by atoms with Crippen molar-refractivity contribution in [2.75, 3.05) is 6.61 Å². The number of halogens is 2. The average molecular weight is 322 g/mol. The number of ether oxygens (including phenoxy) is 3. The lowest BCUT2D eigenvalue weighted by Crippen LogP contribution is -2.36. The molecular weight excluding hydrogens is 306 g/mol. The van der Waals surface area contributed by atoms with Gasteiger partial charge in [-0.25, -0.2) is 4.79 Å². The van der Waals surface area contributed by atoms with Crippen molar-refractivity contribution in [2.24, 2.45) is 0 Å². The highest BCUT2D eigenvalue weighted by molar-refractivity contribution is 5.76. The zero-order valence-corrected chi connectivity index (χ0v) is 12.5. The standard InChI is InChI=1S/C17H16F2O4/c1-2-21-16(20)17(18,19)23-15-10-8-14(9-11-15)22-12-13-6-4-3-5-7-13/h3-11H,2,12H2,1H3. The molecular formula is C17H16F2O4. The van der Waals surface area contributed by atoms with Crippen LogP contribution in [0.5, 0.6) is 11.5 Å². The predicted octanol–water partition coefficient (Wildman–Crippen LogP) is 3.80. The van der Waals surface area contributed by atoms with E-state index < -0.39 is 12.1 Å². The van der Waals surface area contributed by atoms with Gasteiger partial charge in [0.05, 0.1) is 6.61 Å². The third-order valence-electron chi connectivity index (χ3n) is 2.83. The molecule has 0 heterocycles. The summed E-state index contributed by atoms with van der Waals surface area (Å²) in [5.74, 6) is -1.37. The van der Waals surface area contributed by atoms with E-state index in [4.69, 9.17) is 4.74 Å². The zero-order chi connectivity index (χ0) is 16.7. The predicted molar refractivity (Wildman–Crippen MR) is 79.4 cm³/mol. The van der Waals surface area contributed by atoms with Crippen LogP contribution in [0.1, 0.15) is 12.5 Å². The fourth-order valence-corrected chi connectivity index (χ4v) is 1.75. The van der Waals surface area contributed by atoms with Crippen molar-refractivity contribution in [1.82, 2.24) is 0 Å². The molecule has 2 rings (SSSR count). The summed E-state index contributed by atoms with van der Waals surface area (Å²) in [6.07, 6.45) is -4.03. The van der Waals surface area contributed by atoms with Gasteiger partial charge >= 0.3 is 12.1 Å². The maximum absolute atomic E-state index is 13.4. The van der Waals surface area contributed by atoms with Gasteiger partial charge < -0.3 is 14.2 Å². The van der Waals surface area contributed by atoms with Crippen LogP contribution in [-0.2, 0) is 16.1 Å². The van der Waals surface area contributed by atoms with Crippen LogP contribution >= 0.6 is 0 Å². The van der Waals surface area contributed by atoms with Crippen LogP contribution in [0.2, 0.25) is 0 Å². The van der Waals surface area contributed by atoms with E-state index in [0.717, 1.165) is 5.56 Å². The lowest BCUT2D eigenvalue weighted by atomic mass is 10.2. The van der Waals surface area contributed by atoms with Crippen LogP contribution < -0.4 is 9.47 Å². The number of hydrogen-bond acceptors (Lipinski definition) is 4. The van der Waals surface area contributed by atoms with E-state index in [-0.39, 0.29) is 12.4 Å². The topological polar surface area (TPSA) is 44.8 Å². The third-order valence-corrected chi connectivity index (χ3v) is 2.83. The lowest BCUT2D eigenvalue weighted by molar-refractivity contribution is -0.216. The number of alkyl halides is 2. The summed E-state index contributed by atoms with van der Waals surface area (Å²) < 4.78 is 41.0. The number of carbonyl (C=O) groups excluding carboxylic acids is 1. The molecule has 0 aromatic heterocycles.